The van der Waals surface area contributed by atoms with Gasteiger partial charge in [0, 0.05) is 16.5 Å². The van der Waals surface area contributed by atoms with Gasteiger partial charge in [-0.25, -0.2) is 0 Å². The Hall–Kier alpha value is -5.14. The highest BCUT2D eigenvalue weighted by atomic mass is 15.1. The third kappa shape index (κ3) is 3.41. The normalized spacial score (nSPS) is 11.6. The molecule has 1 nitrogen and oxygen atoms in total. The first-order valence-corrected chi connectivity index (χ1v) is 13.5. The van der Waals surface area contributed by atoms with Crippen molar-refractivity contribution in [2.45, 2.75) is 0 Å². The van der Waals surface area contributed by atoms with Gasteiger partial charge in [0.2, 0.25) is 0 Å². The van der Waals surface area contributed by atoms with Crippen LogP contribution in [0.15, 0.2) is 152 Å². The predicted octanol–water partition coefficient (Wildman–Crippen LogP) is 10.9. The van der Waals surface area contributed by atoms with E-state index in [4.69, 9.17) is 0 Å². The van der Waals surface area contributed by atoms with E-state index in [1.165, 1.54) is 65.2 Å². The van der Waals surface area contributed by atoms with Crippen LogP contribution in [0.1, 0.15) is 0 Å². The molecular weight excluding hydrogens is 470 g/mol. The Morgan fingerprint density at radius 3 is 1.51 bits per heavy atom. The lowest BCUT2D eigenvalue weighted by Gasteiger charge is -2.29. The standard InChI is InChI=1S/C38H25N/c1-2-15-29(16-3-1)39(36-24-27-13-5-7-17-30(27)33-20-10-11-21-34(33)36)37-25-28-14-6-9-19-32(28)38-31-18-8-4-12-26(31)22-23-35(37)38/h1-25H. The van der Waals surface area contributed by atoms with E-state index in [9.17, 15) is 0 Å². The van der Waals surface area contributed by atoms with E-state index in [-0.39, 0.29) is 0 Å². The van der Waals surface area contributed by atoms with Crippen molar-refractivity contribution in [3.8, 4) is 0 Å². The zero-order valence-corrected chi connectivity index (χ0v) is 21.4. The highest BCUT2D eigenvalue weighted by Crippen LogP contribution is 2.46. The van der Waals surface area contributed by atoms with Crippen molar-refractivity contribution >= 4 is 70.9 Å². The fourth-order valence-electron chi connectivity index (χ4n) is 6.24. The van der Waals surface area contributed by atoms with Gasteiger partial charge in [0.15, 0.2) is 0 Å². The molecule has 0 aliphatic rings. The molecule has 0 aliphatic heterocycles. The second-order valence-corrected chi connectivity index (χ2v) is 10.2. The number of anilines is 3. The van der Waals surface area contributed by atoms with Crippen LogP contribution in [0.4, 0.5) is 17.1 Å². The van der Waals surface area contributed by atoms with Crippen molar-refractivity contribution in [2.24, 2.45) is 0 Å². The number of benzene rings is 8. The molecule has 8 aromatic rings. The Bertz CT molecular complexity index is 2160. The lowest BCUT2D eigenvalue weighted by molar-refractivity contribution is 1.32. The molecule has 0 amide bonds. The first-order valence-electron chi connectivity index (χ1n) is 13.5. The maximum atomic E-state index is 2.46. The summed E-state index contributed by atoms with van der Waals surface area (Å²) in [5.74, 6) is 0. The van der Waals surface area contributed by atoms with Crippen LogP contribution in [0.5, 0.6) is 0 Å². The van der Waals surface area contributed by atoms with Crippen LogP contribution in [0, 0.1) is 0 Å². The van der Waals surface area contributed by atoms with Crippen molar-refractivity contribution in [2.75, 3.05) is 4.90 Å². The van der Waals surface area contributed by atoms with Crippen molar-refractivity contribution in [1.29, 1.82) is 0 Å². The molecule has 0 N–H and O–H groups in total. The van der Waals surface area contributed by atoms with Gasteiger partial charge in [-0.1, -0.05) is 127 Å². The van der Waals surface area contributed by atoms with E-state index in [0.29, 0.717) is 0 Å². The van der Waals surface area contributed by atoms with Gasteiger partial charge >= 0.3 is 0 Å². The number of hydrogen-bond donors (Lipinski definition) is 0. The lowest BCUT2D eigenvalue weighted by atomic mass is 9.93. The average molecular weight is 496 g/mol. The van der Waals surface area contributed by atoms with Crippen LogP contribution in [-0.4, -0.2) is 0 Å². The molecule has 39 heavy (non-hydrogen) atoms. The minimum Gasteiger partial charge on any atom is -0.309 e. The van der Waals surface area contributed by atoms with Gasteiger partial charge in [-0.15, -0.1) is 0 Å². The Morgan fingerprint density at radius 1 is 0.308 bits per heavy atom. The molecule has 0 unspecified atom stereocenters. The van der Waals surface area contributed by atoms with Crippen LogP contribution in [0.3, 0.4) is 0 Å². The molecule has 0 saturated heterocycles. The number of fused-ring (bicyclic) bond motifs is 8. The van der Waals surface area contributed by atoms with Crippen molar-refractivity contribution in [3.05, 3.63) is 152 Å². The molecule has 0 radical (unpaired) electrons. The SMILES string of the molecule is c1ccc(N(c2cc3ccccc3c3ccccc23)c2cc3ccccc3c3c2ccc2ccccc23)cc1. The maximum absolute atomic E-state index is 2.46. The molecule has 0 fully saturated rings. The highest BCUT2D eigenvalue weighted by molar-refractivity contribution is 6.25. The molecule has 8 aromatic carbocycles. The zero-order chi connectivity index (χ0) is 25.8. The summed E-state index contributed by atoms with van der Waals surface area (Å²) in [4.78, 5) is 2.46. The minimum atomic E-state index is 1.14. The van der Waals surface area contributed by atoms with Gasteiger partial charge in [-0.2, -0.15) is 0 Å². The Labute approximate surface area is 227 Å². The Kier molecular flexibility index (Phi) is 4.89. The quantitative estimate of drug-likeness (QED) is 0.220. The van der Waals surface area contributed by atoms with E-state index in [1.807, 2.05) is 0 Å². The van der Waals surface area contributed by atoms with Crippen molar-refractivity contribution in [3.63, 3.8) is 0 Å². The second-order valence-electron chi connectivity index (χ2n) is 10.2. The summed E-state index contributed by atoms with van der Waals surface area (Å²) < 4.78 is 0. The average Bonchev–Trinajstić information content (AvgIpc) is 3.01. The first kappa shape index (κ1) is 21.9. The third-order valence-electron chi connectivity index (χ3n) is 7.97. The maximum Gasteiger partial charge on any atom is 0.0546 e. The molecule has 0 saturated carbocycles. The topological polar surface area (TPSA) is 3.24 Å². The van der Waals surface area contributed by atoms with Gasteiger partial charge in [0.25, 0.3) is 0 Å². The molecule has 0 spiro atoms. The molecule has 0 aromatic heterocycles. The first-order chi connectivity index (χ1) is 19.4. The number of rotatable bonds is 3. The summed E-state index contributed by atoms with van der Waals surface area (Å²) in [6.45, 7) is 0. The largest absolute Gasteiger partial charge is 0.309 e. The number of para-hydroxylation sites is 1. The van der Waals surface area contributed by atoms with Gasteiger partial charge in [-0.3, -0.25) is 0 Å². The molecular formula is C38H25N. The monoisotopic (exact) mass is 495 g/mol. The molecule has 0 atom stereocenters. The summed E-state index contributed by atoms with van der Waals surface area (Å²) in [6, 6.07) is 55.1. The molecule has 0 aliphatic carbocycles. The summed E-state index contributed by atoms with van der Waals surface area (Å²) >= 11 is 0. The molecule has 1 heteroatoms. The van der Waals surface area contributed by atoms with Crippen molar-refractivity contribution in [1.82, 2.24) is 0 Å². The summed E-state index contributed by atoms with van der Waals surface area (Å²) in [6.07, 6.45) is 0. The zero-order valence-electron chi connectivity index (χ0n) is 21.4. The lowest BCUT2D eigenvalue weighted by Crippen LogP contribution is -2.11. The molecule has 0 bridgehead atoms. The number of hydrogen-bond acceptors (Lipinski definition) is 1. The van der Waals surface area contributed by atoms with Gasteiger partial charge in [0.05, 0.1) is 11.4 Å². The van der Waals surface area contributed by atoms with Gasteiger partial charge < -0.3 is 4.90 Å². The van der Waals surface area contributed by atoms with Crippen LogP contribution in [0.25, 0.3) is 53.9 Å². The highest BCUT2D eigenvalue weighted by Gasteiger charge is 2.21. The van der Waals surface area contributed by atoms with E-state index < -0.39 is 0 Å². The molecule has 182 valence electrons. The second kappa shape index (κ2) is 8.72. The fraction of sp³-hybridized carbons (Fsp3) is 0. The number of nitrogens with zero attached hydrogens (tertiary/aromatic N) is 1. The van der Waals surface area contributed by atoms with E-state index in [0.717, 1.165) is 5.69 Å². The Balaban J connectivity index is 1.56. The summed E-state index contributed by atoms with van der Waals surface area (Å²) in [5, 5.41) is 12.6. The third-order valence-corrected chi connectivity index (χ3v) is 7.97. The van der Waals surface area contributed by atoms with E-state index in [1.54, 1.807) is 0 Å². The Morgan fingerprint density at radius 2 is 0.795 bits per heavy atom. The fourth-order valence-corrected chi connectivity index (χ4v) is 6.24. The van der Waals surface area contributed by atoms with Crippen LogP contribution >= 0.6 is 0 Å². The van der Waals surface area contributed by atoms with E-state index in [2.05, 4.69) is 157 Å². The van der Waals surface area contributed by atoms with Gasteiger partial charge in [0.1, 0.15) is 0 Å². The molecule has 8 rings (SSSR count). The van der Waals surface area contributed by atoms with E-state index >= 15 is 0 Å². The van der Waals surface area contributed by atoms with Gasteiger partial charge in [-0.05, 0) is 67.4 Å². The van der Waals surface area contributed by atoms with Crippen LogP contribution < -0.4 is 4.90 Å². The van der Waals surface area contributed by atoms with Crippen molar-refractivity contribution < 1.29 is 0 Å². The predicted molar refractivity (Wildman–Crippen MR) is 169 cm³/mol. The summed E-state index contributed by atoms with van der Waals surface area (Å²) in [5.41, 5.74) is 3.50. The summed E-state index contributed by atoms with van der Waals surface area (Å²) in [7, 11) is 0. The minimum absolute atomic E-state index is 1.14. The molecule has 0 heterocycles. The van der Waals surface area contributed by atoms with Crippen LogP contribution in [-0.2, 0) is 0 Å². The smallest absolute Gasteiger partial charge is 0.0546 e. The van der Waals surface area contributed by atoms with Crippen LogP contribution in [0.2, 0.25) is 0 Å².